The summed E-state index contributed by atoms with van der Waals surface area (Å²) in [5.41, 5.74) is 6.63. The fourth-order valence-electron chi connectivity index (χ4n) is 2.23. The molecular formula is C12H21N5. The lowest BCUT2D eigenvalue weighted by Crippen LogP contribution is -2.33. The standard InChI is InChI=1S/C12H21N5/c1-9-7-14-12(13)16-11(9)15-10(2)8-17-5-3-4-6-17/h7,10H,3-6,8H2,1-2H3,(H3,13,14,15,16). The van der Waals surface area contributed by atoms with Crippen LogP contribution in [0.2, 0.25) is 0 Å². The van der Waals surface area contributed by atoms with Crippen molar-refractivity contribution in [3.05, 3.63) is 11.8 Å². The summed E-state index contributed by atoms with van der Waals surface area (Å²) in [6.45, 7) is 7.66. The minimum absolute atomic E-state index is 0.325. The lowest BCUT2D eigenvalue weighted by atomic mass is 10.2. The molecule has 1 saturated heterocycles. The van der Waals surface area contributed by atoms with Crippen LogP contribution < -0.4 is 11.1 Å². The number of hydrogen-bond donors (Lipinski definition) is 2. The summed E-state index contributed by atoms with van der Waals surface area (Å²) in [5.74, 6) is 1.18. The highest BCUT2D eigenvalue weighted by molar-refractivity contribution is 5.45. The zero-order chi connectivity index (χ0) is 12.3. The summed E-state index contributed by atoms with van der Waals surface area (Å²) < 4.78 is 0. The van der Waals surface area contributed by atoms with Gasteiger partial charge in [-0.3, -0.25) is 0 Å². The maximum absolute atomic E-state index is 5.59. The molecule has 0 saturated carbocycles. The van der Waals surface area contributed by atoms with Crippen LogP contribution in [-0.4, -0.2) is 40.5 Å². The predicted octanol–water partition coefficient (Wildman–Crippen LogP) is 1.26. The van der Waals surface area contributed by atoms with Gasteiger partial charge in [-0.1, -0.05) is 0 Å². The molecule has 1 atom stereocenters. The maximum atomic E-state index is 5.59. The van der Waals surface area contributed by atoms with E-state index >= 15 is 0 Å². The van der Waals surface area contributed by atoms with Gasteiger partial charge in [0.2, 0.25) is 5.95 Å². The molecule has 2 rings (SSSR count). The molecule has 5 heteroatoms. The molecule has 94 valence electrons. The Morgan fingerprint density at radius 2 is 2.18 bits per heavy atom. The van der Waals surface area contributed by atoms with Crippen LogP contribution >= 0.6 is 0 Å². The fourth-order valence-corrected chi connectivity index (χ4v) is 2.23. The van der Waals surface area contributed by atoms with Crippen LogP contribution in [0, 0.1) is 6.92 Å². The van der Waals surface area contributed by atoms with Gasteiger partial charge >= 0.3 is 0 Å². The van der Waals surface area contributed by atoms with Crippen molar-refractivity contribution in [2.75, 3.05) is 30.7 Å². The molecule has 1 aromatic rings. The van der Waals surface area contributed by atoms with Crippen molar-refractivity contribution in [2.24, 2.45) is 0 Å². The summed E-state index contributed by atoms with van der Waals surface area (Å²) in [7, 11) is 0. The summed E-state index contributed by atoms with van der Waals surface area (Å²) in [5, 5.41) is 3.41. The monoisotopic (exact) mass is 235 g/mol. The molecule has 0 amide bonds. The predicted molar refractivity (Wildman–Crippen MR) is 69.9 cm³/mol. The van der Waals surface area contributed by atoms with Gasteiger partial charge in [-0.15, -0.1) is 0 Å². The number of nitrogens with two attached hydrogens (primary N) is 1. The largest absolute Gasteiger partial charge is 0.368 e. The molecule has 0 bridgehead atoms. The van der Waals surface area contributed by atoms with Gasteiger partial charge in [0.05, 0.1) is 0 Å². The maximum Gasteiger partial charge on any atom is 0.221 e. The molecule has 1 unspecified atom stereocenters. The number of nitrogens with one attached hydrogen (secondary N) is 1. The second-order valence-corrected chi connectivity index (χ2v) is 4.81. The molecule has 3 N–H and O–H groups in total. The lowest BCUT2D eigenvalue weighted by Gasteiger charge is -2.22. The van der Waals surface area contributed by atoms with Gasteiger partial charge in [-0.25, -0.2) is 4.98 Å². The number of nitrogen functional groups attached to an aromatic ring is 1. The molecule has 2 heterocycles. The Labute approximate surface area is 102 Å². The number of aryl methyl sites for hydroxylation is 1. The third-order valence-corrected chi connectivity index (χ3v) is 3.10. The van der Waals surface area contributed by atoms with Crippen molar-refractivity contribution in [2.45, 2.75) is 32.7 Å². The zero-order valence-electron chi connectivity index (χ0n) is 10.6. The van der Waals surface area contributed by atoms with Gasteiger partial charge in [0.1, 0.15) is 5.82 Å². The number of aromatic nitrogens is 2. The van der Waals surface area contributed by atoms with E-state index in [4.69, 9.17) is 5.73 Å². The van der Waals surface area contributed by atoms with E-state index in [0.29, 0.717) is 12.0 Å². The second kappa shape index (κ2) is 5.31. The molecule has 0 radical (unpaired) electrons. The summed E-state index contributed by atoms with van der Waals surface area (Å²) in [6, 6.07) is 0.376. The Hall–Kier alpha value is -1.36. The van der Waals surface area contributed by atoms with E-state index in [1.165, 1.54) is 25.9 Å². The Balaban J connectivity index is 1.92. The number of rotatable bonds is 4. The molecule has 17 heavy (non-hydrogen) atoms. The topological polar surface area (TPSA) is 67.1 Å². The van der Waals surface area contributed by atoms with Gasteiger partial charge in [0.25, 0.3) is 0 Å². The summed E-state index contributed by atoms with van der Waals surface area (Å²) in [6.07, 6.45) is 4.41. The number of nitrogens with zero attached hydrogens (tertiary/aromatic N) is 3. The molecule has 5 nitrogen and oxygen atoms in total. The molecule has 1 aliphatic heterocycles. The van der Waals surface area contributed by atoms with Gasteiger partial charge in [-0.05, 0) is 39.8 Å². The number of likely N-dealkylation sites (tertiary alicyclic amines) is 1. The van der Waals surface area contributed by atoms with Crippen LogP contribution in [0.25, 0.3) is 0 Å². The van der Waals surface area contributed by atoms with E-state index in [1.54, 1.807) is 6.20 Å². The molecule has 0 aliphatic carbocycles. The SMILES string of the molecule is Cc1cnc(N)nc1NC(C)CN1CCCC1. The number of hydrogen-bond acceptors (Lipinski definition) is 5. The van der Waals surface area contributed by atoms with E-state index in [0.717, 1.165) is 17.9 Å². The first kappa shape index (κ1) is 12.1. The van der Waals surface area contributed by atoms with E-state index in [9.17, 15) is 0 Å². The lowest BCUT2D eigenvalue weighted by molar-refractivity contribution is 0.327. The van der Waals surface area contributed by atoms with Crippen molar-refractivity contribution in [3.63, 3.8) is 0 Å². The highest BCUT2D eigenvalue weighted by atomic mass is 15.2. The van der Waals surface area contributed by atoms with Gasteiger partial charge < -0.3 is 16.0 Å². The molecule has 0 spiro atoms. The van der Waals surface area contributed by atoms with E-state index in [-0.39, 0.29) is 0 Å². The van der Waals surface area contributed by atoms with Crippen LogP contribution in [0.4, 0.5) is 11.8 Å². The van der Waals surface area contributed by atoms with Crippen LogP contribution in [0.5, 0.6) is 0 Å². The molecule has 0 aromatic carbocycles. The Morgan fingerprint density at radius 3 is 2.88 bits per heavy atom. The van der Waals surface area contributed by atoms with Crippen LogP contribution in [0.15, 0.2) is 6.20 Å². The van der Waals surface area contributed by atoms with Crippen LogP contribution in [0.1, 0.15) is 25.3 Å². The molecule has 1 aromatic heterocycles. The van der Waals surface area contributed by atoms with Crippen molar-refractivity contribution < 1.29 is 0 Å². The normalized spacial score (nSPS) is 18.2. The minimum atomic E-state index is 0.325. The highest BCUT2D eigenvalue weighted by Gasteiger charge is 2.15. The van der Waals surface area contributed by atoms with Gasteiger partial charge in [0.15, 0.2) is 0 Å². The summed E-state index contributed by atoms with van der Waals surface area (Å²) >= 11 is 0. The third-order valence-electron chi connectivity index (χ3n) is 3.10. The van der Waals surface area contributed by atoms with E-state index in [1.807, 2.05) is 6.92 Å². The van der Waals surface area contributed by atoms with Crippen molar-refractivity contribution >= 4 is 11.8 Å². The fraction of sp³-hybridized carbons (Fsp3) is 0.667. The van der Waals surface area contributed by atoms with Crippen molar-refractivity contribution in [1.29, 1.82) is 0 Å². The van der Waals surface area contributed by atoms with E-state index in [2.05, 4.69) is 27.1 Å². The first-order valence-electron chi connectivity index (χ1n) is 6.23. The average Bonchev–Trinajstić information content (AvgIpc) is 2.76. The number of anilines is 2. The molecule has 1 fully saturated rings. The van der Waals surface area contributed by atoms with Crippen molar-refractivity contribution in [1.82, 2.24) is 14.9 Å². The minimum Gasteiger partial charge on any atom is -0.368 e. The average molecular weight is 235 g/mol. The highest BCUT2D eigenvalue weighted by Crippen LogP contribution is 2.14. The first-order chi connectivity index (χ1) is 8.15. The van der Waals surface area contributed by atoms with E-state index < -0.39 is 0 Å². The molecular weight excluding hydrogens is 214 g/mol. The Kier molecular flexibility index (Phi) is 3.78. The van der Waals surface area contributed by atoms with Gasteiger partial charge in [-0.2, -0.15) is 4.98 Å². The van der Waals surface area contributed by atoms with Crippen molar-refractivity contribution in [3.8, 4) is 0 Å². The third kappa shape index (κ3) is 3.30. The smallest absolute Gasteiger partial charge is 0.221 e. The Morgan fingerprint density at radius 1 is 1.47 bits per heavy atom. The zero-order valence-corrected chi connectivity index (χ0v) is 10.6. The molecule has 1 aliphatic rings. The Bertz CT molecular complexity index is 373. The summed E-state index contributed by atoms with van der Waals surface area (Å²) in [4.78, 5) is 10.7. The van der Waals surface area contributed by atoms with Crippen LogP contribution in [-0.2, 0) is 0 Å². The van der Waals surface area contributed by atoms with Gasteiger partial charge in [0, 0.05) is 24.3 Å². The first-order valence-corrected chi connectivity index (χ1v) is 6.23. The van der Waals surface area contributed by atoms with Crippen LogP contribution in [0.3, 0.4) is 0 Å². The second-order valence-electron chi connectivity index (χ2n) is 4.81. The quantitative estimate of drug-likeness (QED) is 0.822.